The Balaban J connectivity index is 2.44. The lowest BCUT2D eigenvalue weighted by Crippen LogP contribution is -2.54. The van der Waals surface area contributed by atoms with Crippen molar-refractivity contribution in [1.29, 1.82) is 0 Å². The number of ketones is 1. The Morgan fingerprint density at radius 2 is 1.54 bits per heavy atom. The topological polar surface area (TPSA) is 205 Å². The number of likely N-dealkylation sites (N-methyl/N-ethyl adjacent to an activating group) is 1. The van der Waals surface area contributed by atoms with E-state index in [2.05, 4.69) is 23.1 Å². The van der Waals surface area contributed by atoms with Crippen molar-refractivity contribution in [2.24, 2.45) is 17.6 Å². The van der Waals surface area contributed by atoms with Crippen molar-refractivity contribution in [1.82, 2.24) is 25.6 Å². The van der Waals surface area contributed by atoms with E-state index in [1.807, 2.05) is 46.4 Å². The normalized spacial score (nSPS) is 14.3. The van der Waals surface area contributed by atoms with Gasteiger partial charge in [-0.2, -0.15) is 0 Å². The Hall–Kier alpha value is -3.65. The van der Waals surface area contributed by atoms with Crippen LogP contribution in [-0.4, -0.2) is 87.0 Å². The number of aromatic hydroxyl groups is 2. The van der Waals surface area contributed by atoms with Gasteiger partial charge in [0, 0.05) is 31.0 Å². The second-order valence-electron chi connectivity index (χ2n) is 14.3. The van der Waals surface area contributed by atoms with Crippen LogP contribution in [0.1, 0.15) is 119 Å². The molecule has 0 saturated carbocycles. The van der Waals surface area contributed by atoms with Crippen molar-refractivity contribution >= 4 is 29.5 Å². The number of ether oxygens (including phenoxy) is 1. The van der Waals surface area contributed by atoms with E-state index in [9.17, 15) is 34.2 Å². The number of esters is 1. The number of unbranched alkanes of at least 4 members (excludes halogenated alkanes) is 2. The highest BCUT2D eigenvalue weighted by Crippen LogP contribution is 2.41. The van der Waals surface area contributed by atoms with Gasteiger partial charge in [-0.1, -0.05) is 54.9 Å². The molecule has 1 aromatic heterocycles. The lowest BCUT2D eigenvalue weighted by atomic mass is 9.79. The molecule has 50 heavy (non-hydrogen) atoms. The van der Waals surface area contributed by atoms with Gasteiger partial charge in [0.25, 0.3) is 5.91 Å². The minimum Gasteiger partial charge on any atom is -0.494 e. The fourth-order valence-corrected chi connectivity index (χ4v) is 5.98. The fourth-order valence-electron chi connectivity index (χ4n) is 5.98. The third-order valence-corrected chi connectivity index (χ3v) is 9.66. The van der Waals surface area contributed by atoms with Gasteiger partial charge in [0.2, 0.25) is 11.8 Å². The number of hydrogen-bond acceptors (Lipinski definition) is 10. The lowest BCUT2D eigenvalue weighted by Gasteiger charge is -2.32. The summed E-state index contributed by atoms with van der Waals surface area (Å²) >= 11 is 0. The van der Waals surface area contributed by atoms with Crippen LogP contribution in [0.2, 0.25) is 0 Å². The number of hydrogen-bond donors (Lipinski definition) is 6. The first kappa shape index (κ1) is 44.4. The van der Waals surface area contributed by atoms with Crippen LogP contribution in [0.3, 0.4) is 0 Å². The molecule has 1 rings (SSSR count). The molecule has 4 unspecified atom stereocenters. The number of carbonyl (C=O) groups excluding carboxylic acids is 5. The van der Waals surface area contributed by atoms with E-state index >= 15 is 0 Å². The minimum atomic E-state index is -1.22. The molecule has 0 aliphatic rings. The average molecular weight is 709 g/mol. The van der Waals surface area contributed by atoms with Crippen molar-refractivity contribution in [3.8, 4) is 11.8 Å². The average Bonchev–Trinajstić information content (AvgIpc) is 3.33. The van der Waals surface area contributed by atoms with E-state index < -0.39 is 42.0 Å². The Kier molecular flexibility index (Phi) is 18.5. The summed E-state index contributed by atoms with van der Waals surface area (Å²) in [6.45, 7) is 17.5. The molecule has 0 aliphatic heterocycles. The zero-order valence-electron chi connectivity index (χ0n) is 31.9. The maximum absolute atomic E-state index is 13.0. The number of hydrazine groups is 1. The number of carbonyl (C=O) groups is 5. The Morgan fingerprint density at radius 3 is 2.08 bits per heavy atom. The van der Waals surface area contributed by atoms with Gasteiger partial charge in [0.15, 0.2) is 17.5 Å². The summed E-state index contributed by atoms with van der Waals surface area (Å²) in [5.41, 5.74) is 11.1. The molecule has 0 spiro atoms. The molecule has 14 nitrogen and oxygen atoms in total. The molecule has 0 aliphatic carbocycles. The van der Waals surface area contributed by atoms with Gasteiger partial charge in [-0.25, -0.2) is 0 Å². The molecule has 286 valence electrons. The van der Waals surface area contributed by atoms with Gasteiger partial charge in [-0.05, 0) is 76.8 Å². The predicted molar refractivity (Wildman–Crippen MR) is 192 cm³/mol. The Bertz CT molecular complexity index is 1280. The van der Waals surface area contributed by atoms with Gasteiger partial charge < -0.3 is 26.0 Å². The third-order valence-electron chi connectivity index (χ3n) is 9.66. The molecular formula is C36H64N6O8. The zero-order valence-corrected chi connectivity index (χ0v) is 31.9. The SMILES string of the molecule is CCC(C)(CC)c1cc(O)n(CCCCCC(=O)NNC(=O)C(N)C(C)OC(=O)CCCN(C)C(C(=O)NC(C(C)=O)C(C)C)C(C)C)c1O. The number of Topliss-reactive ketones (excluding diaryl/α,β-unsaturated/α-hetero) is 1. The van der Waals surface area contributed by atoms with Crippen LogP contribution >= 0.6 is 0 Å². The fraction of sp³-hybridized carbons (Fsp3) is 0.750. The molecule has 7 N–H and O–H groups in total. The zero-order chi connectivity index (χ0) is 38.3. The standard InChI is InChI=1S/C36H64N6O8/c1-11-36(9,12-2)26-21-28(45)42(35(26)49)20-15-13-14-17-27(44)39-40-33(47)30(37)25(8)50-29(46)18-16-19-41(10)32(23(5)6)34(48)38-31(22(3)4)24(7)43/h21-23,25,30-32,45,49H,11-20,37H2,1-10H3,(H,38,48)(H,39,44)(H,40,47). The number of aromatic nitrogens is 1. The van der Waals surface area contributed by atoms with E-state index in [1.54, 1.807) is 13.1 Å². The maximum Gasteiger partial charge on any atom is 0.306 e. The quantitative estimate of drug-likeness (QED) is 0.0588. The first-order valence-corrected chi connectivity index (χ1v) is 18.0. The highest BCUT2D eigenvalue weighted by molar-refractivity contribution is 5.90. The van der Waals surface area contributed by atoms with Crippen LogP contribution in [0.15, 0.2) is 6.07 Å². The first-order valence-electron chi connectivity index (χ1n) is 18.0. The highest BCUT2D eigenvalue weighted by atomic mass is 16.5. The molecule has 0 saturated heterocycles. The van der Waals surface area contributed by atoms with Crippen LogP contribution in [-0.2, 0) is 40.7 Å². The molecular weight excluding hydrogens is 644 g/mol. The van der Waals surface area contributed by atoms with Crippen molar-refractivity contribution in [2.75, 3.05) is 13.6 Å². The molecule has 4 atom stereocenters. The third kappa shape index (κ3) is 13.2. The summed E-state index contributed by atoms with van der Waals surface area (Å²) in [6.07, 6.45) is 3.06. The minimum absolute atomic E-state index is 0.0126. The number of amides is 3. The van der Waals surface area contributed by atoms with Gasteiger partial charge in [0.1, 0.15) is 12.1 Å². The number of nitrogens with zero attached hydrogens (tertiary/aromatic N) is 2. The lowest BCUT2D eigenvalue weighted by molar-refractivity contribution is -0.151. The molecule has 0 radical (unpaired) electrons. The number of rotatable bonds is 22. The van der Waals surface area contributed by atoms with E-state index in [0.29, 0.717) is 38.8 Å². The van der Waals surface area contributed by atoms with E-state index in [0.717, 1.165) is 18.4 Å². The van der Waals surface area contributed by atoms with E-state index in [1.165, 1.54) is 18.4 Å². The summed E-state index contributed by atoms with van der Waals surface area (Å²) in [4.78, 5) is 64.1. The van der Waals surface area contributed by atoms with Crippen molar-refractivity contribution in [3.05, 3.63) is 11.6 Å². The smallest absolute Gasteiger partial charge is 0.306 e. The summed E-state index contributed by atoms with van der Waals surface area (Å²) in [5.74, 6) is -2.03. The molecule has 0 aromatic carbocycles. The Labute approximate surface area is 298 Å². The van der Waals surface area contributed by atoms with Crippen molar-refractivity contribution in [3.63, 3.8) is 0 Å². The Morgan fingerprint density at radius 1 is 0.920 bits per heavy atom. The summed E-state index contributed by atoms with van der Waals surface area (Å²) in [7, 11) is 1.79. The van der Waals surface area contributed by atoms with Gasteiger partial charge in [-0.3, -0.25) is 44.3 Å². The van der Waals surface area contributed by atoms with Crippen molar-refractivity contribution in [2.45, 2.75) is 150 Å². The molecule has 14 heteroatoms. The highest BCUT2D eigenvalue weighted by Gasteiger charge is 2.31. The first-order chi connectivity index (χ1) is 23.3. The summed E-state index contributed by atoms with van der Waals surface area (Å²) in [6, 6.07) is -0.665. The predicted octanol–water partition coefficient (Wildman–Crippen LogP) is 3.41. The number of nitrogens with one attached hydrogen (secondary N) is 3. The second kappa shape index (κ2) is 20.9. The number of nitrogens with two attached hydrogens (primary N) is 1. The molecule has 0 bridgehead atoms. The molecule has 0 fully saturated rings. The van der Waals surface area contributed by atoms with Gasteiger partial charge in [-0.15, -0.1) is 0 Å². The summed E-state index contributed by atoms with van der Waals surface area (Å²) < 4.78 is 6.83. The van der Waals surface area contributed by atoms with Gasteiger partial charge >= 0.3 is 5.97 Å². The molecule has 1 heterocycles. The van der Waals surface area contributed by atoms with Crippen LogP contribution in [0.5, 0.6) is 11.8 Å². The largest absolute Gasteiger partial charge is 0.494 e. The van der Waals surface area contributed by atoms with Crippen LogP contribution in [0.25, 0.3) is 0 Å². The van der Waals surface area contributed by atoms with Crippen LogP contribution < -0.4 is 21.9 Å². The molecule has 3 amide bonds. The second-order valence-corrected chi connectivity index (χ2v) is 14.3. The van der Waals surface area contributed by atoms with Crippen molar-refractivity contribution < 1.29 is 38.9 Å². The van der Waals surface area contributed by atoms with Crippen LogP contribution in [0, 0.1) is 11.8 Å². The maximum atomic E-state index is 13.0. The summed E-state index contributed by atoms with van der Waals surface area (Å²) in [5, 5.41) is 23.9. The van der Waals surface area contributed by atoms with E-state index in [-0.39, 0.29) is 53.5 Å². The van der Waals surface area contributed by atoms with Gasteiger partial charge in [0.05, 0.1) is 12.1 Å². The monoisotopic (exact) mass is 708 g/mol. The van der Waals surface area contributed by atoms with Crippen LogP contribution in [0.4, 0.5) is 0 Å². The van der Waals surface area contributed by atoms with E-state index in [4.69, 9.17) is 10.5 Å². The molecule has 1 aromatic rings.